The Balaban J connectivity index is 1.73. The first-order chi connectivity index (χ1) is 15.6. The van der Waals surface area contributed by atoms with Crippen molar-refractivity contribution in [3.63, 3.8) is 0 Å². The molecule has 0 amide bonds. The van der Waals surface area contributed by atoms with Crippen LogP contribution in [0.1, 0.15) is 12.7 Å². The van der Waals surface area contributed by atoms with Gasteiger partial charge in [0.25, 0.3) is 0 Å². The van der Waals surface area contributed by atoms with Crippen LogP contribution in [0, 0.1) is 0 Å². The zero-order chi connectivity index (χ0) is 22.5. The molecule has 10 nitrogen and oxygen atoms in total. The molecule has 0 spiro atoms. The summed E-state index contributed by atoms with van der Waals surface area (Å²) in [5.74, 6) is 3.21. The third kappa shape index (κ3) is 4.72. The Bertz CT molecular complexity index is 1190. The number of nitrogen functional groups attached to an aromatic ring is 2. The first kappa shape index (κ1) is 21.4. The average molecular weight is 451 g/mol. The lowest BCUT2D eigenvalue weighted by Gasteiger charge is -2.12. The molecule has 4 rings (SSSR count). The van der Waals surface area contributed by atoms with Gasteiger partial charge in [0.1, 0.15) is 17.3 Å². The summed E-state index contributed by atoms with van der Waals surface area (Å²) in [4.78, 5) is 12.1. The van der Waals surface area contributed by atoms with E-state index in [0.717, 1.165) is 22.7 Å². The van der Waals surface area contributed by atoms with E-state index in [9.17, 15) is 0 Å². The van der Waals surface area contributed by atoms with Crippen molar-refractivity contribution in [3.8, 4) is 28.6 Å². The number of thioether (sulfide) groups is 1. The summed E-state index contributed by atoms with van der Waals surface area (Å²) in [6.07, 6.45) is 0. The van der Waals surface area contributed by atoms with Crippen molar-refractivity contribution in [2.24, 2.45) is 0 Å². The van der Waals surface area contributed by atoms with Crippen molar-refractivity contribution in [2.75, 3.05) is 25.2 Å². The second kappa shape index (κ2) is 9.52. The summed E-state index contributed by atoms with van der Waals surface area (Å²) in [5.41, 5.74) is 13.1. The minimum absolute atomic E-state index is 0.0816. The third-order valence-electron chi connectivity index (χ3n) is 4.41. The molecule has 4 aromatic rings. The zero-order valence-corrected chi connectivity index (χ0v) is 18.4. The molecule has 164 valence electrons. The van der Waals surface area contributed by atoms with Crippen LogP contribution in [0.2, 0.25) is 0 Å². The lowest BCUT2D eigenvalue weighted by Crippen LogP contribution is -2.06. The van der Waals surface area contributed by atoms with Crippen LogP contribution >= 0.6 is 11.8 Å². The van der Waals surface area contributed by atoms with Crippen LogP contribution in [0.5, 0.6) is 11.5 Å². The molecule has 0 fully saturated rings. The average Bonchev–Trinajstić information content (AvgIpc) is 3.22. The van der Waals surface area contributed by atoms with Crippen molar-refractivity contribution in [2.45, 2.75) is 17.8 Å². The summed E-state index contributed by atoms with van der Waals surface area (Å²) in [6, 6.07) is 15.4. The minimum atomic E-state index is 0.0816. The molecule has 11 heteroatoms. The van der Waals surface area contributed by atoms with Crippen LogP contribution in [0.15, 0.2) is 53.7 Å². The number of nitrogens with two attached hydrogens (primary N) is 2. The molecule has 2 aromatic carbocycles. The summed E-state index contributed by atoms with van der Waals surface area (Å²) in [7, 11) is 1.63. The molecule has 2 heterocycles. The molecule has 0 radical (unpaired) electrons. The van der Waals surface area contributed by atoms with Gasteiger partial charge >= 0.3 is 0 Å². The van der Waals surface area contributed by atoms with Gasteiger partial charge in [-0.2, -0.15) is 15.0 Å². The highest BCUT2D eigenvalue weighted by Gasteiger charge is 2.18. The molecule has 2 aromatic heterocycles. The van der Waals surface area contributed by atoms with E-state index in [1.165, 1.54) is 11.8 Å². The Labute approximate surface area is 189 Å². The van der Waals surface area contributed by atoms with Crippen LogP contribution in [-0.2, 0) is 5.75 Å². The van der Waals surface area contributed by atoms with Crippen LogP contribution < -0.4 is 20.9 Å². The summed E-state index contributed by atoms with van der Waals surface area (Å²) >= 11 is 1.42. The van der Waals surface area contributed by atoms with Crippen LogP contribution in [0.25, 0.3) is 17.1 Å². The SMILES string of the molecule is CCOc1ccc(-n2c(SCc3nc(N)nc(N)n3)nnc2-c2cccc(OC)c2)cc1. The van der Waals surface area contributed by atoms with Gasteiger partial charge in [0.15, 0.2) is 11.0 Å². The van der Waals surface area contributed by atoms with E-state index in [2.05, 4.69) is 25.1 Å². The van der Waals surface area contributed by atoms with Crippen molar-refractivity contribution in [1.29, 1.82) is 0 Å². The van der Waals surface area contributed by atoms with Gasteiger partial charge in [0, 0.05) is 11.3 Å². The van der Waals surface area contributed by atoms with Crippen molar-refractivity contribution in [1.82, 2.24) is 29.7 Å². The highest BCUT2D eigenvalue weighted by Crippen LogP contribution is 2.31. The van der Waals surface area contributed by atoms with E-state index in [-0.39, 0.29) is 11.9 Å². The number of benzene rings is 2. The van der Waals surface area contributed by atoms with E-state index >= 15 is 0 Å². The largest absolute Gasteiger partial charge is 0.497 e. The predicted molar refractivity (Wildman–Crippen MR) is 123 cm³/mol. The lowest BCUT2D eigenvalue weighted by molar-refractivity contribution is 0.340. The van der Waals surface area contributed by atoms with Gasteiger partial charge in [0.05, 0.1) is 19.5 Å². The predicted octanol–water partition coefficient (Wildman–Crippen LogP) is 2.98. The number of hydrogen-bond acceptors (Lipinski definition) is 10. The third-order valence-corrected chi connectivity index (χ3v) is 5.34. The number of aromatic nitrogens is 6. The van der Waals surface area contributed by atoms with Crippen molar-refractivity contribution in [3.05, 3.63) is 54.4 Å². The second-order valence-electron chi connectivity index (χ2n) is 6.56. The summed E-state index contributed by atoms with van der Waals surface area (Å²) in [5, 5.41) is 9.52. The molecule has 0 saturated heterocycles. The van der Waals surface area contributed by atoms with Crippen LogP contribution in [0.3, 0.4) is 0 Å². The number of hydrogen-bond donors (Lipinski definition) is 2. The van der Waals surface area contributed by atoms with Crippen molar-refractivity contribution >= 4 is 23.7 Å². The van der Waals surface area contributed by atoms with E-state index < -0.39 is 0 Å². The normalized spacial score (nSPS) is 10.8. The Morgan fingerprint density at radius 3 is 2.38 bits per heavy atom. The van der Waals surface area contributed by atoms with Gasteiger partial charge in [-0.1, -0.05) is 23.9 Å². The number of anilines is 2. The fourth-order valence-corrected chi connectivity index (χ4v) is 3.86. The Morgan fingerprint density at radius 1 is 0.938 bits per heavy atom. The fraction of sp³-hybridized carbons (Fsp3) is 0.190. The molecule has 0 aliphatic rings. The molecule has 0 atom stereocenters. The summed E-state index contributed by atoms with van der Waals surface area (Å²) in [6.45, 7) is 2.55. The smallest absolute Gasteiger partial charge is 0.225 e. The second-order valence-corrected chi connectivity index (χ2v) is 7.50. The molecule has 4 N–H and O–H groups in total. The maximum absolute atomic E-state index is 5.69. The molecule has 0 aliphatic carbocycles. The zero-order valence-electron chi connectivity index (χ0n) is 17.6. The van der Waals surface area contributed by atoms with E-state index in [1.54, 1.807) is 7.11 Å². The standard InChI is InChI=1S/C21H22N8O2S/c1-3-31-15-9-7-14(8-10-15)29-18(13-5-4-6-16(11-13)30-2)27-28-21(29)32-12-17-24-19(22)26-20(23)25-17/h4-11H,3,12H2,1-2H3,(H4,22,23,24,25,26). The first-order valence-corrected chi connectivity index (χ1v) is 10.8. The number of nitrogens with zero attached hydrogens (tertiary/aromatic N) is 6. The molecular weight excluding hydrogens is 428 g/mol. The van der Waals surface area contributed by atoms with Gasteiger partial charge in [-0.3, -0.25) is 4.57 Å². The van der Waals surface area contributed by atoms with E-state index in [1.807, 2.05) is 60.0 Å². The highest BCUT2D eigenvalue weighted by molar-refractivity contribution is 7.98. The van der Waals surface area contributed by atoms with Crippen LogP contribution in [-0.4, -0.2) is 43.4 Å². The van der Waals surface area contributed by atoms with Gasteiger partial charge in [-0.25, -0.2) is 0 Å². The van der Waals surface area contributed by atoms with Gasteiger partial charge in [-0.05, 0) is 43.3 Å². The number of rotatable bonds is 8. The van der Waals surface area contributed by atoms with Gasteiger partial charge in [0.2, 0.25) is 11.9 Å². The lowest BCUT2D eigenvalue weighted by atomic mass is 10.2. The summed E-state index contributed by atoms with van der Waals surface area (Å²) < 4.78 is 12.9. The van der Waals surface area contributed by atoms with Crippen LogP contribution in [0.4, 0.5) is 11.9 Å². The van der Waals surface area contributed by atoms with Crippen molar-refractivity contribution < 1.29 is 9.47 Å². The van der Waals surface area contributed by atoms with Gasteiger partial charge in [-0.15, -0.1) is 10.2 Å². The first-order valence-electron chi connectivity index (χ1n) is 9.79. The molecule has 0 saturated carbocycles. The quantitative estimate of drug-likeness (QED) is 0.385. The Kier molecular flexibility index (Phi) is 6.36. The Morgan fingerprint density at radius 2 is 1.69 bits per heavy atom. The molecule has 0 unspecified atom stereocenters. The van der Waals surface area contributed by atoms with E-state index in [0.29, 0.717) is 29.2 Å². The minimum Gasteiger partial charge on any atom is -0.497 e. The molecular formula is C21H22N8O2S. The molecule has 32 heavy (non-hydrogen) atoms. The number of methoxy groups -OCH3 is 1. The maximum Gasteiger partial charge on any atom is 0.225 e. The monoisotopic (exact) mass is 450 g/mol. The Hall–Kier alpha value is -3.86. The van der Waals surface area contributed by atoms with E-state index in [4.69, 9.17) is 20.9 Å². The topological polar surface area (TPSA) is 140 Å². The highest BCUT2D eigenvalue weighted by atomic mass is 32.2. The molecule has 0 aliphatic heterocycles. The van der Waals surface area contributed by atoms with Gasteiger partial charge < -0.3 is 20.9 Å². The maximum atomic E-state index is 5.69. The number of ether oxygens (including phenoxy) is 2. The molecule has 0 bridgehead atoms. The fourth-order valence-electron chi connectivity index (χ4n) is 3.05.